The van der Waals surface area contributed by atoms with Gasteiger partial charge < -0.3 is 15.7 Å². The van der Waals surface area contributed by atoms with Crippen LogP contribution in [0.5, 0.6) is 0 Å². The molecule has 132 valence electrons. The number of aliphatic hydroxyl groups excluding tert-OH is 1. The minimum Gasteiger partial charge on any atom is -0.390 e. The van der Waals surface area contributed by atoms with Gasteiger partial charge in [0, 0.05) is 17.9 Å². The number of thiocarbonyl (C=S) groups is 1. The second-order valence-electron chi connectivity index (χ2n) is 5.13. The van der Waals surface area contributed by atoms with Gasteiger partial charge >= 0.3 is 0 Å². The average Bonchev–Trinajstić information content (AvgIpc) is 2.65. The minimum atomic E-state index is -0.696. The Morgan fingerprint density at radius 2 is 1.76 bits per heavy atom. The van der Waals surface area contributed by atoms with Crippen LogP contribution in [0.3, 0.4) is 0 Å². The molecule has 0 aliphatic heterocycles. The van der Waals surface area contributed by atoms with E-state index in [0.717, 1.165) is 5.69 Å². The smallest absolute Gasteiger partial charge is 0.271 e. The molecule has 2 aromatic carbocycles. The van der Waals surface area contributed by atoms with E-state index in [-0.39, 0.29) is 23.4 Å². The third kappa shape index (κ3) is 6.22. The molecule has 6 nitrogen and oxygen atoms in total. The molecule has 8 heteroatoms. The Balaban J connectivity index is 1.91. The number of carbonyl (C=O) groups excluding carboxylic acids is 1. The van der Waals surface area contributed by atoms with Crippen molar-refractivity contribution in [2.45, 2.75) is 6.10 Å². The van der Waals surface area contributed by atoms with Crippen molar-refractivity contribution < 1.29 is 9.90 Å². The number of alkyl halides is 1. The van der Waals surface area contributed by atoms with Crippen molar-refractivity contribution in [3.63, 3.8) is 0 Å². The van der Waals surface area contributed by atoms with E-state index in [2.05, 4.69) is 21.5 Å². The van der Waals surface area contributed by atoms with E-state index in [0.29, 0.717) is 11.3 Å². The van der Waals surface area contributed by atoms with Crippen LogP contribution in [0.4, 0.5) is 11.4 Å². The van der Waals surface area contributed by atoms with E-state index in [1.54, 1.807) is 24.3 Å². The lowest BCUT2D eigenvalue weighted by atomic mass is 10.1. The van der Waals surface area contributed by atoms with Gasteiger partial charge in [0.2, 0.25) is 0 Å². The molecule has 1 unspecified atom stereocenters. The van der Waals surface area contributed by atoms with E-state index in [4.69, 9.17) is 23.8 Å². The summed E-state index contributed by atoms with van der Waals surface area (Å²) in [5.41, 5.74) is 7.01. The second kappa shape index (κ2) is 9.83. The lowest BCUT2D eigenvalue weighted by Gasteiger charge is -2.15. The summed E-state index contributed by atoms with van der Waals surface area (Å²) in [7, 11) is 0. The molecule has 1 atom stereocenters. The highest BCUT2D eigenvalue weighted by Crippen LogP contribution is 2.14. The lowest BCUT2D eigenvalue weighted by Crippen LogP contribution is -2.44. The number of amides is 1. The van der Waals surface area contributed by atoms with Crippen molar-refractivity contribution in [2.24, 2.45) is 0 Å². The number of hydrazine groups is 1. The van der Waals surface area contributed by atoms with Gasteiger partial charge in [-0.3, -0.25) is 15.6 Å². The van der Waals surface area contributed by atoms with Crippen molar-refractivity contribution in [1.82, 2.24) is 10.9 Å². The Kier molecular flexibility index (Phi) is 7.46. The molecule has 5 N–H and O–H groups in total. The number of halogens is 1. The Morgan fingerprint density at radius 3 is 2.48 bits per heavy atom. The van der Waals surface area contributed by atoms with Crippen molar-refractivity contribution in [2.75, 3.05) is 23.1 Å². The summed E-state index contributed by atoms with van der Waals surface area (Å²) in [6, 6.07) is 16.3. The number of carbonyl (C=O) groups is 1. The van der Waals surface area contributed by atoms with Crippen molar-refractivity contribution >= 4 is 46.2 Å². The second-order valence-corrected chi connectivity index (χ2v) is 5.85. The molecule has 0 radical (unpaired) electrons. The number of hydrogen-bond acceptors (Lipinski definition) is 4. The predicted octanol–water partition coefficient (Wildman–Crippen LogP) is 2.33. The van der Waals surface area contributed by atoms with Crippen LogP contribution in [0.25, 0.3) is 0 Å². The van der Waals surface area contributed by atoms with Crippen molar-refractivity contribution in [1.29, 1.82) is 0 Å². The molecule has 1 amide bonds. The van der Waals surface area contributed by atoms with Gasteiger partial charge in [-0.1, -0.05) is 30.3 Å². The van der Waals surface area contributed by atoms with E-state index in [9.17, 15) is 9.90 Å². The number of anilines is 2. The maximum absolute atomic E-state index is 12.3. The highest BCUT2D eigenvalue weighted by molar-refractivity contribution is 7.80. The Labute approximate surface area is 156 Å². The largest absolute Gasteiger partial charge is 0.390 e. The van der Waals surface area contributed by atoms with Gasteiger partial charge in [0.05, 0.1) is 17.5 Å². The third-order valence-electron chi connectivity index (χ3n) is 3.20. The Morgan fingerprint density at radius 1 is 1.08 bits per heavy atom. The van der Waals surface area contributed by atoms with Gasteiger partial charge in [0.25, 0.3) is 5.91 Å². The summed E-state index contributed by atoms with van der Waals surface area (Å²) >= 11 is 10.7. The first-order valence-corrected chi connectivity index (χ1v) is 8.53. The molecule has 0 saturated carbocycles. The molecule has 0 spiro atoms. The molecule has 0 bridgehead atoms. The molecule has 0 aliphatic carbocycles. The minimum absolute atomic E-state index is 0.113. The molecule has 2 rings (SSSR count). The lowest BCUT2D eigenvalue weighted by molar-refractivity contribution is 0.0945. The maximum atomic E-state index is 12.3. The fourth-order valence-corrected chi connectivity index (χ4v) is 2.26. The zero-order valence-electron chi connectivity index (χ0n) is 13.3. The van der Waals surface area contributed by atoms with Crippen LogP contribution in [0.15, 0.2) is 54.6 Å². The molecule has 0 fully saturated rings. The monoisotopic (exact) mass is 378 g/mol. The summed E-state index contributed by atoms with van der Waals surface area (Å²) in [6.07, 6.45) is -0.696. The van der Waals surface area contributed by atoms with E-state index < -0.39 is 6.10 Å². The van der Waals surface area contributed by atoms with Crippen LogP contribution >= 0.6 is 23.8 Å². The van der Waals surface area contributed by atoms with Crippen LogP contribution < -0.4 is 21.5 Å². The molecule has 0 aromatic heterocycles. The number of para-hydroxylation sites is 2. The van der Waals surface area contributed by atoms with Crippen LogP contribution in [0, 0.1) is 0 Å². The van der Waals surface area contributed by atoms with E-state index >= 15 is 0 Å². The van der Waals surface area contributed by atoms with Crippen LogP contribution in [-0.4, -0.2) is 34.7 Å². The predicted molar refractivity (Wildman–Crippen MR) is 105 cm³/mol. The summed E-state index contributed by atoms with van der Waals surface area (Å²) in [5, 5.41) is 15.8. The van der Waals surface area contributed by atoms with Gasteiger partial charge in [0.1, 0.15) is 0 Å². The molecular weight excluding hydrogens is 360 g/mol. The highest BCUT2D eigenvalue weighted by atomic mass is 35.5. The fraction of sp³-hybridized carbons (Fsp3) is 0.176. The van der Waals surface area contributed by atoms with Crippen LogP contribution in [-0.2, 0) is 0 Å². The first-order chi connectivity index (χ1) is 12.1. The van der Waals surface area contributed by atoms with Gasteiger partial charge in [-0.25, -0.2) is 0 Å². The van der Waals surface area contributed by atoms with Gasteiger partial charge in [0.15, 0.2) is 5.11 Å². The first kappa shape index (κ1) is 19.0. The quantitative estimate of drug-likeness (QED) is 0.301. The fourth-order valence-electron chi connectivity index (χ4n) is 1.98. The summed E-state index contributed by atoms with van der Waals surface area (Å²) < 4.78 is 0. The zero-order valence-corrected chi connectivity index (χ0v) is 14.9. The van der Waals surface area contributed by atoms with Crippen molar-refractivity contribution in [3.8, 4) is 0 Å². The van der Waals surface area contributed by atoms with Crippen LogP contribution in [0.2, 0.25) is 0 Å². The normalized spacial score (nSPS) is 11.3. The number of aliphatic hydroxyl groups is 1. The average molecular weight is 379 g/mol. The highest BCUT2D eigenvalue weighted by Gasteiger charge is 2.12. The number of hydrogen-bond donors (Lipinski definition) is 5. The SMILES string of the molecule is O=C(NNC(=S)Nc1ccccc1)c1ccccc1NCC(O)CCl. The standard InChI is InChI=1S/C17H19ClN4O2S/c18-10-13(23)11-19-15-9-5-4-8-14(15)16(24)21-22-17(25)20-12-6-2-1-3-7-12/h1-9,13,19,23H,10-11H2,(H,21,24)(H2,20,22,25). The molecule has 0 aliphatic rings. The van der Waals surface area contributed by atoms with Gasteiger partial charge in [-0.05, 0) is 36.5 Å². The summed E-state index contributed by atoms with van der Waals surface area (Å²) in [4.78, 5) is 12.3. The molecule has 25 heavy (non-hydrogen) atoms. The van der Waals surface area contributed by atoms with Gasteiger partial charge in [-0.15, -0.1) is 11.6 Å². The van der Waals surface area contributed by atoms with Crippen LogP contribution in [0.1, 0.15) is 10.4 Å². The summed E-state index contributed by atoms with van der Waals surface area (Å²) in [5.74, 6) is -0.247. The molecule has 2 aromatic rings. The number of benzene rings is 2. The zero-order chi connectivity index (χ0) is 18.1. The van der Waals surface area contributed by atoms with E-state index in [1.165, 1.54) is 0 Å². The topological polar surface area (TPSA) is 85.4 Å². The molecule has 0 saturated heterocycles. The Bertz CT molecular complexity index is 715. The first-order valence-electron chi connectivity index (χ1n) is 7.59. The number of rotatable bonds is 6. The molecular formula is C17H19ClN4O2S. The third-order valence-corrected chi connectivity index (χ3v) is 3.76. The number of nitrogens with one attached hydrogen (secondary N) is 4. The van der Waals surface area contributed by atoms with E-state index in [1.807, 2.05) is 30.3 Å². The van der Waals surface area contributed by atoms with Gasteiger partial charge in [-0.2, -0.15) is 0 Å². The Hall–Kier alpha value is -2.35. The maximum Gasteiger partial charge on any atom is 0.271 e. The summed E-state index contributed by atoms with van der Waals surface area (Å²) in [6.45, 7) is 0.245. The van der Waals surface area contributed by atoms with Crippen molar-refractivity contribution in [3.05, 3.63) is 60.2 Å². The molecule has 0 heterocycles.